The van der Waals surface area contributed by atoms with Crippen molar-refractivity contribution in [2.24, 2.45) is 5.73 Å². The summed E-state index contributed by atoms with van der Waals surface area (Å²) in [6, 6.07) is 9.96. The maximum absolute atomic E-state index is 5.47. The number of halogens is 2. The Balaban J connectivity index is 0.00000112. The van der Waals surface area contributed by atoms with E-state index in [1.807, 2.05) is 35.7 Å². The molecule has 0 bridgehead atoms. The minimum Gasteiger partial charge on any atom is -0.332 e. The van der Waals surface area contributed by atoms with Gasteiger partial charge in [0.2, 0.25) is 0 Å². The molecule has 0 aliphatic carbocycles. The molecular weight excluding hydrogens is 265 g/mol. The van der Waals surface area contributed by atoms with Gasteiger partial charge < -0.3 is 11.1 Å². The highest BCUT2D eigenvalue weighted by Crippen LogP contribution is 2.20. The van der Waals surface area contributed by atoms with Gasteiger partial charge in [-0.3, -0.25) is 0 Å². The van der Waals surface area contributed by atoms with E-state index >= 15 is 0 Å². The molecule has 2 rings (SSSR count). The van der Waals surface area contributed by atoms with Gasteiger partial charge in [0.1, 0.15) is 0 Å². The van der Waals surface area contributed by atoms with E-state index < -0.39 is 0 Å². The van der Waals surface area contributed by atoms with E-state index in [2.05, 4.69) is 10.3 Å². The zero-order valence-electron chi connectivity index (χ0n) is 8.42. The predicted octanol–water partition coefficient (Wildman–Crippen LogP) is 3.19. The topological polar surface area (TPSA) is 50.9 Å². The maximum Gasteiger partial charge on any atom is 0.187 e. The molecule has 0 spiro atoms. The number of hydrogen-bond donors (Lipinski definition) is 2. The van der Waals surface area contributed by atoms with Crippen LogP contribution in [0.15, 0.2) is 35.7 Å². The van der Waals surface area contributed by atoms with Gasteiger partial charge in [0, 0.05) is 17.6 Å². The molecule has 0 saturated heterocycles. The van der Waals surface area contributed by atoms with Gasteiger partial charge in [-0.05, 0) is 12.1 Å². The van der Waals surface area contributed by atoms with E-state index in [0.29, 0.717) is 6.54 Å². The van der Waals surface area contributed by atoms with E-state index in [0.717, 1.165) is 16.5 Å². The van der Waals surface area contributed by atoms with Crippen molar-refractivity contribution < 1.29 is 0 Å². The minimum atomic E-state index is 0. The molecule has 0 atom stereocenters. The molecule has 1 aromatic heterocycles. The second-order valence-electron chi connectivity index (χ2n) is 2.84. The van der Waals surface area contributed by atoms with Crippen LogP contribution in [0.1, 0.15) is 5.69 Å². The summed E-state index contributed by atoms with van der Waals surface area (Å²) >= 11 is 1.57. The Hall–Kier alpha value is -0.810. The third kappa shape index (κ3) is 3.98. The Morgan fingerprint density at radius 3 is 2.44 bits per heavy atom. The molecule has 0 aliphatic rings. The van der Waals surface area contributed by atoms with Crippen LogP contribution in [0.4, 0.5) is 10.8 Å². The smallest absolute Gasteiger partial charge is 0.187 e. The highest BCUT2D eigenvalue weighted by molar-refractivity contribution is 7.13. The molecule has 1 heterocycles. The summed E-state index contributed by atoms with van der Waals surface area (Å²) in [5.41, 5.74) is 7.44. The maximum atomic E-state index is 5.47. The lowest BCUT2D eigenvalue weighted by Gasteiger charge is -2.00. The first-order chi connectivity index (χ1) is 6.88. The number of anilines is 2. The van der Waals surface area contributed by atoms with Gasteiger partial charge in [0.25, 0.3) is 0 Å². The molecule has 0 aliphatic heterocycles. The van der Waals surface area contributed by atoms with Crippen LogP contribution in [0, 0.1) is 0 Å². The first kappa shape index (κ1) is 15.2. The molecule has 6 heteroatoms. The quantitative estimate of drug-likeness (QED) is 0.906. The molecule has 3 N–H and O–H groups in total. The fraction of sp³-hybridized carbons (Fsp3) is 0.100. The summed E-state index contributed by atoms with van der Waals surface area (Å²) in [5.74, 6) is 0. The van der Waals surface area contributed by atoms with Gasteiger partial charge in [0.05, 0.1) is 5.69 Å². The van der Waals surface area contributed by atoms with Crippen LogP contribution in [0.5, 0.6) is 0 Å². The zero-order chi connectivity index (χ0) is 9.80. The Kier molecular flexibility index (Phi) is 7.08. The first-order valence-electron chi connectivity index (χ1n) is 4.35. The number of hydrogen-bond acceptors (Lipinski definition) is 4. The lowest BCUT2D eigenvalue weighted by Crippen LogP contribution is -1.96. The van der Waals surface area contributed by atoms with Crippen LogP contribution in [0.2, 0.25) is 0 Å². The van der Waals surface area contributed by atoms with Gasteiger partial charge in [-0.15, -0.1) is 36.2 Å². The highest BCUT2D eigenvalue weighted by atomic mass is 35.5. The normalized spacial score (nSPS) is 8.81. The van der Waals surface area contributed by atoms with Crippen molar-refractivity contribution in [3.63, 3.8) is 0 Å². The molecule has 3 nitrogen and oxygen atoms in total. The summed E-state index contributed by atoms with van der Waals surface area (Å²) in [5, 5.41) is 6.06. The zero-order valence-corrected chi connectivity index (χ0v) is 10.9. The van der Waals surface area contributed by atoms with Crippen LogP contribution in [0.3, 0.4) is 0 Å². The summed E-state index contributed by atoms with van der Waals surface area (Å²) in [4.78, 5) is 4.31. The lowest BCUT2D eigenvalue weighted by atomic mass is 10.3. The summed E-state index contributed by atoms with van der Waals surface area (Å²) in [7, 11) is 0. The average molecular weight is 278 g/mol. The minimum absolute atomic E-state index is 0. The van der Waals surface area contributed by atoms with Gasteiger partial charge in [0.15, 0.2) is 5.13 Å². The molecule has 88 valence electrons. The standard InChI is InChI=1S/C10H11N3S.2ClH/c11-6-9-7-14-10(13-9)12-8-4-2-1-3-5-8;;/h1-5,7H,6,11H2,(H,12,13);2*1H. The van der Waals surface area contributed by atoms with Crippen LogP contribution in [-0.4, -0.2) is 4.98 Å². The van der Waals surface area contributed by atoms with Crippen molar-refractivity contribution in [3.05, 3.63) is 41.4 Å². The number of thiazole rings is 1. The molecule has 0 unspecified atom stereocenters. The second kappa shape index (κ2) is 7.46. The second-order valence-corrected chi connectivity index (χ2v) is 3.70. The van der Waals surface area contributed by atoms with E-state index in [1.165, 1.54) is 0 Å². The highest BCUT2D eigenvalue weighted by Gasteiger charge is 1.99. The SMILES string of the molecule is Cl.Cl.NCc1csc(Nc2ccccc2)n1. The third-order valence-electron chi connectivity index (χ3n) is 1.79. The number of rotatable bonds is 3. The summed E-state index contributed by atoms with van der Waals surface area (Å²) < 4.78 is 0. The first-order valence-corrected chi connectivity index (χ1v) is 5.23. The van der Waals surface area contributed by atoms with Crippen molar-refractivity contribution in [2.75, 3.05) is 5.32 Å². The number of nitrogens with one attached hydrogen (secondary N) is 1. The van der Waals surface area contributed by atoms with E-state index in [9.17, 15) is 0 Å². The Morgan fingerprint density at radius 1 is 1.19 bits per heavy atom. The number of nitrogens with two attached hydrogens (primary N) is 1. The average Bonchev–Trinajstić information content (AvgIpc) is 2.67. The summed E-state index contributed by atoms with van der Waals surface area (Å²) in [6.07, 6.45) is 0. The van der Waals surface area contributed by atoms with Crippen molar-refractivity contribution >= 4 is 47.0 Å². The van der Waals surface area contributed by atoms with Crippen molar-refractivity contribution in [1.29, 1.82) is 0 Å². The third-order valence-corrected chi connectivity index (χ3v) is 2.59. The largest absolute Gasteiger partial charge is 0.332 e. The van der Waals surface area contributed by atoms with Gasteiger partial charge in [-0.1, -0.05) is 18.2 Å². The van der Waals surface area contributed by atoms with Crippen molar-refractivity contribution in [3.8, 4) is 0 Å². The summed E-state index contributed by atoms with van der Waals surface area (Å²) in [6.45, 7) is 0.493. The van der Waals surface area contributed by atoms with Gasteiger partial charge in [-0.2, -0.15) is 0 Å². The molecule has 2 aromatic rings. The van der Waals surface area contributed by atoms with Gasteiger partial charge >= 0.3 is 0 Å². The van der Waals surface area contributed by atoms with Crippen LogP contribution >= 0.6 is 36.2 Å². The number of nitrogens with zero attached hydrogens (tertiary/aromatic N) is 1. The molecule has 0 amide bonds. The van der Waals surface area contributed by atoms with Crippen molar-refractivity contribution in [2.45, 2.75) is 6.54 Å². The van der Waals surface area contributed by atoms with Crippen LogP contribution in [-0.2, 0) is 6.54 Å². The van der Waals surface area contributed by atoms with Crippen LogP contribution in [0.25, 0.3) is 0 Å². The number of aromatic nitrogens is 1. The lowest BCUT2D eigenvalue weighted by molar-refractivity contribution is 1.01. The van der Waals surface area contributed by atoms with Crippen molar-refractivity contribution in [1.82, 2.24) is 4.98 Å². The van der Waals surface area contributed by atoms with Crippen LogP contribution < -0.4 is 11.1 Å². The predicted molar refractivity (Wildman–Crippen MR) is 74.2 cm³/mol. The monoisotopic (exact) mass is 277 g/mol. The fourth-order valence-electron chi connectivity index (χ4n) is 1.10. The number of para-hydroxylation sites is 1. The van der Waals surface area contributed by atoms with Gasteiger partial charge in [-0.25, -0.2) is 4.98 Å². The Morgan fingerprint density at radius 2 is 1.88 bits per heavy atom. The Labute approximate surface area is 111 Å². The van der Waals surface area contributed by atoms with E-state index in [4.69, 9.17) is 5.73 Å². The van der Waals surface area contributed by atoms with E-state index in [1.54, 1.807) is 11.3 Å². The molecule has 0 radical (unpaired) electrons. The molecule has 1 aromatic carbocycles. The molecular formula is C10H13Cl2N3S. The molecule has 0 fully saturated rings. The molecule has 0 saturated carbocycles. The Bertz CT molecular complexity index is 405. The fourth-order valence-corrected chi connectivity index (χ4v) is 1.85. The molecule has 16 heavy (non-hydrogen) atoms. The number of benzene rings is 1. The van der Waals surface area contributed by atoms with E-state index in [-0.39, 0.29) is 24.8 Å².